The zero-order chi connectivity index (χ0) is 30.3. The first-order chi connectivity index (χ1) is 20.1. The Morgan fingerprint density at radius 1 is 1.10 bits per heavy atom. The van der Waals surface area contributed by atoms with Crippen molar-refractivity contribution >= 4 is 25.5 Å². The van der Waals surface area contributed by atoms with Crippen LogP contribution in [-0.2, 0) is 18.8 Å². The highest BCUT2D eigenvalue weighted by atomic mass is 31.2. The van der Waals surface area contributed by atoms with E-state index in [0.717, 1.165) is 19.3 Å². The number of carbonyl (C=O) groups excluding carboxylic acids is 3. The average molecular weight is 604 g/mol. The fourth-order valence-corrected chi connectivity index (χ4v) is 5.60. The third-order valence-corrected chi connectivity index (χ3v) is 8.13. The van der Waals surface area contributed by atoms with E-state index in [9.17, 15) is 28.7 Å². The number of rotatable bonds is 12. The zero-order valence-electron chi connectivity index (χ0n) is 23.8. The van der Waals surface area contributed by atoms with Gasteiger partial charge in [0, 0.05) is 57.1 Å². The molecule has 0 radical (unpaired) electrons. The van der Waals surface area contributed by atoms with Gasteiger partial charge in [-0.3, -0.25) is 14.2 Å². The minimum Gasteiger partial charge on any atom is -0.449 e. The maximum absolute atomic E-state index is 13.5. The zero-order valence-corrected chi connectivity index (χ0v) is 24.7. The maximum atomic E-state index is 13.5. The molecule has 3 amide bonds. The molecule has 228 valence electrons. The minimum atomic E-state index is -4.70. The van der Waals surface area contributed by atoms with E-state index in [1.807, 2.05) is 37.3 Å². The number of nitrogens with zero attached hydrogens (tertiary/aromatic N) is 4. The summed E-state index contributed by atoms with van der Waals surface area (Å²) >= 11 is 0. The van der Waals surface area contributed by atoms with Gasteiger partial charge in [0.2, 0.25) is 5.91 Å². The van der Waals surface area contributed by atoms with Gasteiger partial charge in [-0.25, -0.2) is 14.8 Å². The fraction of sp³-hybridized carbons (Fsp3) is 0.536. The third-order valence-electron chi connectivity index (χ3n) is 7.29. The molecule has 3 N–H and O–H groups in total. The molecule has 1 saturated heterocycles. The standard InChI is InChI=1S/C28H38N5O8P/c1-3-4-14-41-28(36)33-12-10-32(11-13-33)27(35)24(18-42(37,38)39)31-26(34)23-16-22(21-15-20(21)17-40-2)29-25(30-23)19-8-6-5-7-9-19/h5-9,16,20-21,24H,3-4,10-15,17-18H2,1-2H3,(H,31,34)(H2,37,38,39)/t20-,21+,24+/m1/s1. The van der Waals surface area contributed by atoms with Crippen LogP contribution in [0, 0.1) is 5.92 Å². The van der Waals surface area contributed by atoms with Crippen LogP contribution in [0.1, 0.15) is 48.3 Å². The summed E-state index contributed by atoms with van der Waals surface area (Å²) in [5.74, 6) is -0.716. The number of carbonyl (C=O) groups is 3. The lowest BCUT2D eigenvalue weighted by molar-refractivity contribution is -0.134. The number of piperazine rings is 1. The number of amides is 3. The molecule has 2 aromatic rings. The Hall–Kier alpha value is -3.38. The highest BCUT2D eigenvalue weighted by molar-refractivity contribution is 7.51. The van der Waals surface area contributed by atoms with Crippen LogP contribution in [0.5, 0.6) is 0 Å². The van der Waals surface area contributed by atoms with Crippen LogP contribution in [-0.4, -0.2) is 106 Å². The summed E-state index contributed by atoms with van der Waals surface area (Å²) < 4.78 is 22.5. The van der Waals surface area contributed by atoms with Crippen LogP contribution in [0.2, 0.25) is 0 Å². The number of nitrogens with one attached hydrogen (secondary N) is 1. The fourth-order valence-electron chi connectivity index (χ4n) is 4.88. The minimum absolute atomic E-state index is 0.00919. The predicted octanol–water partition coefficient (Wildman–Crippen LogP) is 2.25. The molecule has 1 aliphatic heterocycles. The second kappa shape index (κ2) is 14.2. The first-order valence-corrected chi connectivity index (χ1v) is 15.9. The molecule has 42 heavy (non-hydrogen) atoms. The molecule has 0 spiro atoms. The van der Waals surface area contributed by atoms with Gasteiger partial charge >= 0.3 is 13.7 Å². The molecule has 1 saturated carbocycles. The average Bonchev–Trinajstić information content (AvgIpc) is 3.75. The molecule has 2 heterocycles. The number of methoxy groups -OCH3 is 1. The maximum Gasteiger partial charge on any atom is 0.409 e. The van der Waals surface area contributed by atoms with Gasteiger partial charge in [0.1, 0.15) is 11.7 Å². The van der Waals surface area contributed by atoms with E-state index >= 15 is 0 Å². The van der Waals surface area contributed by atoms with Crippen molar-refractivity contribution in [3.63, 3.8) is 0 Å². The Kier molecular flexibility index (Phi) is 10.7. The van der Waals surface area contributed by atoms with Crippen LogP contribution in [0.4, 0.5) is 4.79 Å². The van der Waals surface area contributed by atoms with Crippen molar-refractivity contribution in [2.24, 2.45) is 5.92 Å². The van der Waals surface area contributed by atoms with Gasteiger partial charge in [-0.05, 0) is 24.8 Å². The molecule has 13 nitrogen and oxygen atoms in total. The Morgan fingerprint density at radius 2 is 1.79 bits per heavy atom. The molecule has 4 rings (SSSR count). The van der Waals surface area contributed by atoms with E-state index < -0.39 is 37.7 Å². The van der Waals surface area contributed by atoms with Gasteiger partial charge in [0.15, 0.2) is 5.82 Å². The molecular weight excluding hydrogens is 565 g/mol. The molecule has 0 bridgehead atoms. The van der Waals surface area contributed by atoms with Gasteiger partial charge in [-0.15, -0.1) is 0 Å². The topological polar surface area (TPSA) is 171 Å². The van der Waals surface area contributed by atoms with E-state index in [0.29, 0.717) is 30.3 Å². The smallest absolute Gasteiger partial charge is 0.409 e. The highest BCUT2D eigenvalue weighted by Crippen LogP contribution is 2.47. The Balaban J connectivity index is 1.50. The largest absolute Gasteiger partial charge is 0.449 e. The first-order valence-electron chi connectivity index (χ1n) is 14.1. The van der Waals surface area contributed by atoms with Crippen LogP contribution in [0.25, 0.3) is 11.4 Å². The summed E-state index contributed by atoms with van der Waals surface area (Å²) in [7, 11) is -3.07. The molecule has 14 heteroatoms. The van der Waals surface area contributed by atoms with Crippen LogP contribution >= 0.6 is 7.60 Å². The lowest BCUT2D eigenvalue weighted by Gasteiger charge is -2.36. The molecule has 1 aromatic heterocycles. The lowest BCUT2D eigenvalue weighted by Crippen LogP contribution is -2.56. The number of aromatic nitrogens is 2. The first kappa shape index (κ1) is 31.6. The van der Waals surface area contributed by atoms with Gasteiger partial charge in [-0.2, -0.15) is 0 Å². The van der Waals surface area contributed by atoms with Crippen LogP contribution in [0.3, 0.4) is 0 Å². The SMILES string of the molecule is CCCCOC(=O)N1CCN(C(=O)[C@H](CP(=O)(O)O)NC(=O)c2cc([C@H]3C[C@@H]3COC)nc(-c3ccccc3)n2)CC1. The number of hydrogen-bond donors (Lipinski definition) is 3. The normalized spacial score (nSPS) is 19.2. The van der Waals surface area contributed by atoms with Gasteiger partial charge in [-0.1, -0.05) is 43.7 Å². The summed E-state index contributed by atoms with van der Waals surface area (Å²) in [6.07, 6.45) is 1.15. The number of ether oxygens (including phenoxy) is 2. The van der Waals surface area contributed by atoms with Crippen molar-refractivity contribution in [2.45, 2.75) is 38.1 Å². The van der Waals surface area contributed by atoms with Crippen molar-refractivity contribution < 1.29 is 38.2 Å². The molecular formula is C28H38N5O8P. The molecule has 2 aliphatic rings. The van der Waals surface area contributed by atoms with Gasteiger partial charge in [0.25, 0.3) is 5.91 Å². The Bertz CT molecular complexity index is 1300. The van der Waals surface area contributed by atoms with E-state index in [-0.39, 0.29) is 43.7 Å². The molecule has 2 fully saturated rings. The second-order valence-corrected chi connectivity index (χ2v) is 12.3. The summed E-state index contributed by atoms with van der Waals surface area (Å²) in [6, 6.07) is 9.21. The summed E-state index contributed by atoms with van der Waals surface area (Å²) in [6.45, 7) is 3.53. The van der Waals surface area contributed by atoms with Crippen molar-refractivity contribution in [3.05, 3.63) is 47.8 Å². The molecule has 3 atom stereocenters. The number of benzene rings is 1. The Labute approximate surface area is 244 Å². The van der Waals surface area contributed by atoms with Crippen LogP contribution < -0.4 is 5.32 Å². The van der Waals surface area contributed by atoms with Crippen molar-refractivity contribution in [3.8, 4) is 11.4 Å². The molecule has 0 unspecified atom stereocenters. The lowest BCUT2D eigenvalue weighted by atomic mass is 10.1. The van der Waals surface area contributed by atoms with Crippen molar-refractivity contribution in [2.75, 3.05) is 52.7 Å². The predicted molar refractivity (Wildman–Crippen MR) is 153 cm³/mol. The highest BCUT2D eigenvalue weighted by Gasteiger charge is 2.40. The summed E-state index contributed by atoms with van der Waals surface area (Å²) in [5.41, 5.74) is 1.35. The quantitative estimate of drug-likeness (QED) is 0.241. The van der Waals surface area contributed by atoms with Crippen LogP contribution in [0.15, 0.2) is 36.4 Å². The molecule has 1 aromatic carbocycles. The summed E-state index contributed by atoms with van der Waals surface area (Å²) in [5, 5.41) is 2.51. The number of hydrogen-bond acceptors (Lipinski definition) is 8. The summed E-state index contributed by atoms with van der Waals surface area (Å²) in [4.78, 5) is 70.5. The van der Waals surface area contributed by atoms with E-state index in [1.165, 1.54) is 9.80 Å². The van der Waals surface area contributed by atoms with Gasteiger partial charge < -0.3 is 34.4 Å². The van der Waals surface area contributed by atoms with E-state index in [1.54, 1.807) is 13.2 Å². The van der Waals surface area contributed by atoms with Crippen molar-refractivity contribution in [1.82, 2.24) is 25.1 Å². The molecule has 1 aliphatic carbocycles. The second-order valence-electron chi connectivity index (χ2n) is 10.6. The third kappa shape index (κ3) is 8.57. The van der Waals surface area contributed by atoms with E-state index in [2.05, 4.69) is 15.3 Å². The van der Waals surface area contributed by atoms with Gasteiger partial charge in [0.05, 0.1) is 12.8 Å². The monoisotopic (exact) mass is 603 g/mol. The Morgan fingerprint density at radius 3 is 2.43 bits per heavy atom. The number of unbranched alkanes of at least 4 members (excludes halogenated alkanes) is 1. The van der Waals surface area contributed by atoms with E-state index in [4.69, 9.17) is 9.47 Å². The van der Waals surface area contributed by atoms with Crippen molar-refractivity contribution in [1.29, 1.82) is 0 Å².